The van der Waals surface area contributed by atoms with Crippen molar-refractivity contribution >= 4 is 11.9 Å². The van der Waals surface area contributed by atoms with Gasteiger partial charge >= 0.3 is 11.6 Å². The van der Waals surface area contributed by atoms with Gasteiger partial charge in [0.15, 0.2) is 0 Å². The fourth-order valence-electron chi connectivity index (χ4n) is 2.32. The highest BCUT2D eigenvalue weighted by Crippen LogP contribution is 2.41. The molecule has 0 aromatic heterocycles. The number of rotatable bonds is 2. The highest BCUT2D eigenvalue weighted by Gasteiger charge is 2.58. The number of nitrogens with zero attached hydrogens (tertiary/aromatic N) is 1. The first-order valence-corrected chi connectivity index (χ1v) is 5.55. The standard InChI is InChI=1S/C12H14N2O3/c1-7(2)10(15)14-12(13-3)5-4-8-6-9(12)17-11(8)16/h8-9H,1,4-6H2,2H3,(H,14,15). The van der Waals surface area contributed by atoms with Crippen molar-refractivity contribution in [2.45, 2.75) is 38.0 Å². The number of carbonyl (C=O) groups is 2. The molecule has 2 rings (SSSR count). The predicted molar refractivity (Wildman–Crippen MR) is 59.5 cm³/mol. The lowest BCUT2D eigenvalue weighted by Gasteiger charge is -2.29. The molecule has 1 aliphatic carbocycles. The maximum Gasteiger partial charge on any atom is 0.344 e. The molecule has 0 radical (unpaired) electrons. The predicted octanol–water partition coefficient (Wildman–Crippen LogP) is 1.02. The Balaban J connectivity index is 2.21. The summed E-state index contributed by atoms with van der Waals surface area (Å²) in [5, 5.41) is 2.66. The van der Waals surface area contributed by atoms with Gasteiger partial charge in [0.2, 0.25) is 6.10 Å². The summed E-state index contributed by atoms with van der Waals surface area (Å²) in [5.41, 5.74) is -0.752. The molecular weight excluding hydrogens is 220 g/mol. The second-order valence-corrected chi connectivity index (χ2v) is 4.67. The summed E-state index contributed by atoms with van der Waals surface area (Å²) in [6.07, 6.45) is 1.05. The van der Waals surface area contributed by atoms with Crippen LogP contribution in [-0.4, -0.2) is 23.6 Å². The van der Waals surface area contributed by atoms with Crippen LogP contribution in [0.15, 0.2) is 12.2 Å². The highest BCUT2D eigenvalue weighted by molar-refractivity contribution is 5.93. The second-order valence-electron chi connectivity index (χ2n) is 4.67. The van der Waals surface area contributed by atoms with Gasteiger partial charge in [-0.25, -0.2) is 6.57 Å². The number of amides is 1. The fraction of sp³-hybridized carbons (Fsp3) is 0.583. The van der Waals surface area contributed by atoms with Crippen LogP contribution in [0, 0.1) is 12.5 Å². The number of fused-ring (bicyclic) bond motifs is 2. The van der Waals surface area contributed by atoms with Gasteiger partial charge in [0, 0.05) is 12.0 Å². The number of carbonyl (C=O) groups excluding carboxylic acids is 2. The number of hydrogen-bond acceptors (Lipinski definition) is 3. The quantitative estimate of drug-likeness (QED) is 0.441. The van der Waals surface area contributed by atoms with E-state index in [1.54, 1.807) is 6.92 Å². The van der Waals surface area contributed by atoms with Crippen LogP contribution < -0.4 is 5.32 Å². The summed E-state index contributed by atoms with van der Waals surface area (Å²) in [5.74, 6) is -0.705. The first-order valence-electron chi connectivity index (χ1n) is 5.55. The van der Waals surface area contributed by atoms with Crippen LogP contribution in [0.2, 0.25) is 0 Å². The molecule has 0 aromatic carbocycles. The van der Waals surface area contributed by atoms with E-state index in [9.17, 15) is 9.59 Å². The van der Waals surface area contributed by atoms with E-state index in [1.165, 1.54) is 0 Å². The minimum atomic E-state index is -1.10. The van der Waals surface area contributed by atoms with Gasteiger partial charge in [-0.2, -0.15) is 0 Å². The first kappa shape index (κ1) is 11.6. The Kier molecular flexibility index (Phi) is 2.66. The van der Waals surface area contributed by atoms with Gasteiger partial charge in [-0.05, 0) is 13.3 Å². The third-order valence-corrected chi connectivity index (χ3v) is 3.41. The van der Waals surface area contributed by atoms with Crippen molar-refractivity contribution < 1.29 is 14.3 Å². The molecule has 17 heavy (non-hydrogen) atoms. The minimum Gasteiger partial charge on any atom is -0.451 e. The molecule has 3 atom stereocenters. The van der Waals surface area contributed by atoms with E-state index in [1.807, 2.05) is 0 Å². The average molecular weight is 234 g/mol. The van der Waals surface area contributed by atoms with Gasteiger partial charge in [-0.3, -0.25) is 19.8 Å². The summed E-state index contributed by atoms with van der Waals surface area (Å²) in [6, 6.07) is 0. The Morgan fingerprint density at radius 2 is 2.41 bits per heavy atom. The zero-order chi connectivity index (χ0) is 12.6. The molecule has 1 heterocycles. The van der Waals surface area contributed by atoms with Crippen LogP contribution in [-0.2, 0) is 14.3 Å². The maximum atomic E-state index is 11.6. The number of ether oxygens (including phenoxy) is 1. The molecule has 90 valence electrons. The van der Waals surface area contributed by atoms with Gasteiger partial charge in [-0.1, -0.05) is 6.58 Å². The topological polar surface area (TPSA) is 59.8 Å². The lowest BCUT2D eigenvalue weighted by Crippen LogP contribution is -2.55. The van der Waals surface area contributed by atoms with E-state index >= 15 is 0 Å². The third-order valence-electron chi connectivity index (χ3n) is 3.41. The molecular formula is C12H14N2O3. The Labute approximate surface area is 99.6 Å². The van der Waals surface area contributed by atoms with Crippen molar-refractivity contribution in [1.82, 2.24) is 5.32 Å². The average Bonchev–Trinajstić information content (AvgIpc) is 2.61. The molecule has 0 aromatic rings. The Hall–Kier alpha value is -1.83. The van der Waals surface area contributed by atoms with Crippen LogP contribution >= 0.6 is 0 Å². The van der Waals surface area contributed by atoms with E-state index in [0.29, 0.717) is 24.8 Å². The molecule has 2 aliphatic rings. The van der Waals surface area contributed by atoms with Crippen molar-refractivity contribution in [2.75, 3.05) is 0 Å². The summed E-state index contributed by atoms with van der Waals surface area (Å²) in [6.45, 7) is 12.4. The lowest BCUT2D eigenvalue weighted by molar-refractivity contribution is -0.145. The van der Waals surface area contributed by atoms with Crippen molar-refractivity contribution in [3.05, 3.63) is 23.6 Å². The lowest BCUT2D eigenvalue weighted by atomic mass is 9.82. The molecule has 1 saturated carbocycles. The van der Waals surface area contributed by atoms with E-state index in [2.05, 4.69) is 16.7 Å². The van der Waals surface area contributed by atoms with Crippen LogP contribution in [0.25, 0.3) is 4.85 Å². The van der Waals surface area contributed by atoms with Crippen LogP contribution in [0.4, 0.5) is 0 Å². The van der Waals surface area contributed by atoms with Crippen molar-refractivity contribution in [3.8, 4) is 0 Å². The molecule has 2 fully saturated rings. The first-order chi connectivity index (χ1) is 7.98. The van der Waals surface area contributed by atoms with Gasteiger partial charge in [0.05, 0.1) is 12.3 Å². The number of nitrogens with one attached hydrogen (secondary N) is 1. The van der Waals surface area contributed by atoms with E-state index in [0.717, 1.165) is 0 Å². The number of hydrogen-bond donors (Lipinski definition) is 1. The monoisotopic (exact) mass is 234 g/mol. The molecule has 1 aliphatic heterocycles. The van der Waals surface area contributed by atoms with Crippen molar-refractivity contribution in [2.24, 2.45) is 5.92 Å². The summed E-state index contributed by atoms with van der Waals surface area (Å²) >= 11 is 0. The van der Waals surface area contributed by atoms with Crippen LogP contribution in [0.1, 0.15) is 26.2 Å². The second kappa shape index (κ2) is 3.88. The van der Waals surface area contributed by atoms with Crippen molar-refractivity contribution in [1.29, 1.82) is 0 Å². The Morgan fingerprint density at radius 3 is 3.00 bits per heavy atom. The number of esters is 1. The van der Waals surface area contributed by atoms with Crippen molar-refractivity contribution in [3.63, 3.8) is 0 Å². The van der Waals surface area contributed by atoms with E-state index in [4.69, 9.17) is 11.3 Å². The molecule has 5 nitrogen and oxygen atoms in total. The minimum absolute atomic E-state index is 0.100. The molecule has 5 heteroatoms. The summed E-state index contributed by atoms with van der Waals surface area (Å²) in [4.78, 5) is 26.6. The molecule has 1 N–H and O–H groups in total. The molecule has 1 saturated heterocycles. The van der Waals surface area contributed by atoms with Crippen LogP contribution in [0.3, 0.4) is 0 Å². The van der Waals surface area contributed by atoms with Gasteiger partial charge in [-0.15, -0.1) is 0 Å². The zero-order valence-corrected chi connectivity index (χ0v) is 9.66. The molecule has 1 amide bonds. The fourth-order valence-corrected chi connectivity index (χ4v) is 2.32. The Morgan fingerprint density at radius 1 is 1.71 bits per heavy atom. The van der Waals surface area contributed by atoms with E-state index in [-0.39, 0.29) is 17.8 Å². The SMILES string of the molecule is [C-]#[N+]C1(NC(=O)C(=C)C)CCC2CC1OC2=O. The summed E-state index contributed by atoms with van der Waals surface area (Å²) in [7, 11) is 0. The molecule has 2 bridgehead atoms. The largest absolute Gasteiger partial charge is 0.451 e. The maximum absolute atomic E-state index is 11.6. The highest BCUT2D eigenvalue weighted by atomic mass is 16.6. The smallest absolute Gasteiger partial charge is 0.344 e. The molecule has 3 unspecified atom stereocenters. The van der Waals surface area contributed by atoms with E-state index < -0.39 is 11.8 Å². The van der Waals surface area contributed by atoms with Crippen LogP contribution in [0.5, 0.6) is 0 Å². The summed E-state index contributed by atoms with van der Waals surface area (Å²) < 4.78 is 5.18. The zero-order valence-electron chi connectivity index (χ0n) is 9.66. The van der Waals surface area contributed by atoms with Gasteiger partial charge < -0.3 is 4.74 Å². The third kappa shape index (κ3) is 1.80. The normalized spacial score (nSPS) is 34.7. The molecule has 0 spiro atoms. The van der Waals surface area contributed by atoms with Gasteiger partial charge in [0.25, 0.3) is 5.91 Å². The van der Waals surface area contributed by atoms with Gasteiger partial charge in [0.1, 0.15) is 0 Å². The Bertz CT molecular complexity index is 438.